The summed E-state index contributed by atoms with van der Waals surface area (Å²) in [5.41, 5.74) is 0.752. The van der Waals surface area contributed by atoms with E-state index < -0.39 is 0 Å². The molecule has 2 aromatic rings. The van der Waals surface area contributed by atoms with Gasteiger partial charge in [0, 0.05) is 11.1 Å². The molecule has 2 rings (SSSR count). The van der Waals surface area contributed by atoms with Crippen molar-refractivity contribution in [2.75, 3.05) is 0 Å². The molecule has 0 atom stereocenters. The minimum atomic E-state index is -0.201. The zero-order chi connectivity index (χ0) is 11.7. The van der Waals surface area contributed by atoms with Gasteiger partial charge in [-0.3, -0.25) is 9.36 Å². The summed E-state index contributed by atoms with van der Waals surface area (Å²) in [7, 11) is 0. The summed E-state index contributed by atoms with van der Waals surface area (Å²) in [6, 6.07) is 0. The van der Waals surface area contributed by atoms with Crippen LogP contribution in [0.4, 0.5) is 0 Å². The van der Waals surface area contributed by atoms with E-state index >= 15 is 0 Å². The molecule has 0 unspecified atom stereocenters. The van der Waals surface area contributed by atoms with E-state index in [-0.39, 0.29) is 15.2 Å². The maximum Gasteiger partial charge on any atom is 0.269 e. The lowest BCUT2D eigenvalue weighted by molar-refractivity contribution is 0.725. The number of halogens is 2. The van der Waals surface area contributed by atoms with Crippen LogP contribution < -0.4 is 5.56 Å². The van der Waals surface area contributed by atoms with E-state index in [9.17, 15) is 4.79 Å². The Morgan fingerprint density at radius 3 is 3.00 bits per heavy atom. The van der Waals surface area contributed by atoms with Crippen molar-refractivity contribution in [2.45, 2.75) is 13.5 Å². The number of hydrogen-bond donors (Lipinski definition) is 0. The summed E-state index contributed by atoms with van der Waals surface area (Å²) in [5.74, 6) is 0. The first-order valence-corrected chi connectivity index (χ1v) is 6.44. The summed E-state index contributed by atoms with van der Waals surface area (Å²) in [6.07, 6.45) is 1.42. The van der Waals surface area contributed by atoms with Gasteiger partial charge in [0.05, 0.1) is 12.9 Å². The van der Waals surface area contributed by atoms with Crippen molar-refractivity contribution in [3.8, 4) is 0 Å². The summed E-state index contributed by atoms with van der Waals surface area (Å²) < 4.78 is 1.75. The number of aromatic nitrogens is 3. The Morgan fingerprint density at radius 1 is 1.62 bits per heavy atom. The predicted octanol–water partition coefficient (Wildman–Crippen LogP) is 2.47. The molecule has 0 radical (unpaired) electrons. The fourth-order valence-electron chi connectivity index (χ4n) is 1.18. The Balaban J connectivity index is 2.36. The number of aryl methyl sites for hydroxylation is 1. The molecule has 0 bridgehead atoms. The number of hydrogen-bond acceptors (Lipinski definition) is 4. The molecular formula is C9H7BrClN3OS. The van der Waals surface area contributed by atoms with Crippen LogP contribution in [0, 0.1) is 6.92 Å². The molecule has 0 saturated carbocycles. The molecule has 0 aliphatic rings. The molecule has 0 fully saturated rings. The molecule has 0 aromatic carbocycles. The van der Waals surface area contributed by atoms with Crippen molar-refractivity contribution >= 4 is 38.9 Å². The average Bonchev–Trinajstić information content (AvgIpc) is 2.65. The first kappa shape index (κ1) is 11.8. The highest BCUT2D eigenvalue weighted by atomic mass is 79.9. The minimum absolute atomic E-state index is 0.177. The van der Waals surface area contributed by atoms with Gasteiger partial charge in [-0.05, 0) is 22.9 Å². The van der Waals surface area contributed by atoms with Crippen molar-refractivity contribution in [2.24, 2.45) is 0 Å². The fraction of sp³-hybridized carbons (Fsp3) is 0.222. The van der Waals surface area contributed by atoms with Gasteiger partial charge in [-0.25, -0.2) is 9.97 Å². The molecule has 2 heterocycles. The Morgan fingerprint density at radius 2 is 2.38 bits per heavy atom. The highest BCUT2D eigenvalue weighted by Crippen LogP contribution is 2.15. The third-order valence-electron chi connectivity index (χ3n) is 1.91. The average molecular weight is 321 g/mol. The first-order chi connectivity index (χ1) is 7.58. The largest absolute Gasteiger partial charge is 0.291 e. The van der Waals surface area contributed by atoms with Gasteiger partial charge >= 0.3 is 0 Å². The summed E-state index contributed by atoms with van der Waals surface area (Å²) in [5, 5.41) is 2.99. The normalized spacial score (nSPS) is 10.7. The van der Waals surface area contributed by atoms with Crippen molar-refractivity contribution in [1.29, 1.82) is 0 Å². The molecule has 7 heteroatoms. The first-order valence-electron chi connectivity index (χ1n) is 4.39. The topological polar surface area (TPSA) is 47.8 Å². The van der Waals surface area contributed by atoms with Crippen molar-refractivity contribution in [3.05, 3.63) is 42.4 Å². The Kier molecular flexibility index (Phi) is 3.41. The van der Waals surface area contributed by atoms with E-state index in [4.69, 9.17) is 11.6 Å². The second kappa shape index (κ2) is 4.65. The van der Waals surface area contributed by atoms with Crippen LogP contribution in [0.2, 0.25) is 5.15 Å². The molecule has 0 spiro atoms. The lowest BCUT2D eigenvalue weighted by Crippen LogP contribution is -2.21. The maximum atomic E-state index is 11.8. The molecule has 0 aliphatic carbocycles. The smallest absolute Gasteiger partial charge is 0.269 e. The van der Waals surface area contributed by atoms with Crippen LogP contribution >= 0.6 is 38.9 Å². The van der Waals surface area contributed by atoms with Gasteiger partial charge in [0.2, 0.25) is 0 Å². The van der Waals surface area contributed by atoms with Crippen LogP contribution in [0.5, 0.6) is 0 Å². The van der Waals surface area contributed by atoms with Gasteiger partial charge in [-0.15, -0.1) is 11.3 Å². The molecule has 4 nitrogen and oxygen atoms in total. The highest BCUT2D eigenvalue weighted by Gasteiger charge is 2.08. The van der Waals surface area contributed by atoms with E-state index in [1.807, 2.05) is 12.3 Å². The zero-order valence-electron chi connectivity index (χ0n) is 8.28. The SMILES string of the molecule is Cc1csc(Cn2cnc(Cl)c(Br)c2=O)n1. The number of thiazole rings is 1. The van der Waals surface area contributed by atoms with Crippen LogP contribution in [0.25, 0.3) is 0 Å². The quantitative estimate of drug-likeness (QED) is 0.799. The lowest BCUT2D eigenvalue weighted by atomic mass is 10.5. The van der Waals surface area contributed by atoms with Crippen LogP contribution in [0.1, 0.15) is 10.7 Å². The molecule has 0 aliphatic heterocycles. The Bertz CT molecular complexity index is 580. The van der Waals surface area contributed by atoms with Crippen molar-refractivity contribution in [3.63, 3.8) is 0 Å². The van der Waals surface area contributed by atoms with Crippen molar-refractivity contribution < 1.29 is 0 Å². The lowest BCUT2D eigenvalue weighted by Gasteiger charge is -2.03. The van der Waals surface area contributed by atoms with Crippen LogP contribution in [0.15, 0.2) is 21.0 Å². The summed E-state index contributed by atoms with van der Waals surface area (Å²) in [4.78, 5) is 20.0. The van der Waals surface area contributed by atoms with E-state index in [2.05, 4.69) is 25.9 Å². The van der Waals surface area contributed by atoms with Gasteiger partial charge in [-0.1, -0.05) is 11.6 Å². The van der Waals surface area contributed by atoms with E-state index in [1.54, 1.807) is 0 Å². The maximum absolute atomic E-state index is 11.8. The molecule has 0 saturated heterocycles. The number of nitrogens with zero attached hydrogens (tertiary/aromatic N) is 3. The molecule has 2 aromatic heterocycles. The molecular weight excluding hydrogens is 314 g/mol. The van der Waals surface area contributed by atoms with Gasteiger partial charge in [-0.2, -0.15) is 0 Å². The summed E-state index contributed by atoms with van der Waals surface area (Å²) >= 11 is 10.3. The Labute approximate surface area is 109 Å². The monoisotopic (exact) mass is 319 g/mol. The zero-order valence-corrected chi connectivity index (χ0v) is 11.4. The molecule has 16 heavy (non-hydrogen) atoms. The second-order valence-electron chi connectivity index (χ2n) is 3.17. The van der Waals surface area contributed by atoms with Gasteiger partial charge in [0.15, 0.2) is 5.15 Å². The third kappa shape index (κ3) is 2.34. The van der Waals surface area contributed by atoms with Crippen LogP contribution in [-0.2, 0) is 6.54 Å². The number of rotatable bonds is 2. The van der Waals surface area contributed by atoms with Gasteiger partial charge < -0.3 is 0 Å². The molecule has 0 amide bonds. The Hall–Kier alpha value is -0.720. The highest BCUT2D eigenvalue weighted by molar-refractivity contribution is 9.10. The predicted molar refractivity (Wildman–Crippen MR) is 67.2 cm³/mol. The van der Waals surface area contributed by atoms with Gasteiger partial charge in [0.1, 0.15) is 9.48 Å². The standard InChI is InChI=1S/C9H7BrClN3OS/c1-5-3-16-6(13-5)2-14-4-12-8(11)7(10)9(14)15/h3-4H,2H2,1H3. The van der Waals surface area contributed by atoms with E-state index in [1.165, 1.54) is 22.2 Å². The second-order valence-corrected chi connectivity index (χ2v) is 5.26. The van der Waals surface area contributed by atoms with Crippen molar-refractivity contribution in [1.82, 2.24) is 14.5 Å². The van der Waals surface area contributed by atoms with E-state index in [0.717, 1.165) is 10.7 Å². The van der Waals surface area contributed by atoms with Gasteiger partial charge in [0.25, 0.3) is 5.56 Å². The van der Waals surface area contributed by atoms with Crippen LogP contribution in [0.3, 0.4) is 0 Å². The van der Waals surface area contributed by atoms with Crippen LogP contribution in [-0.4, -0.2) is 14.5 Å². The minimum Gasteiger partial charge on any atom is -0.291 e. The molecule has 0 N–H and O–H groups in total. The summed E-state index contributed by atoms with van der Waals surface area (Å²) in [6.45, 7) is 2.33. The van der Waals surface area contributed by atoms with E-state index in [0.29, 0.717) is 6.54 Å². The fourth-order valence-corrected chi connectivity index (χ4v) is 2.40. The third-order valence-corrected chi connectivity index (χ3v) is 4.09. The molecule has 84 valence electrons.